The predicted molar refractivity (Wildman–Crippen MR) is 90.6 cm³/mol. The molecule has 0 saturated heterocycles. The molecule has 1 aromatic rings. The maximum atomic E-state index is 13.0. The first kappa shape index (κ1) is 17.7. The number of carbonyl (C=O) groups excluding carboxylic acids is 1. The van der Waals surface area contributed by atoms with Crippen LogP contribution in [0.1, 0.15) is 52.9 Å². The molecule has 1 saturated carbocycles. The lowest BCUT2D eigenvalue weighted by atomic mass is 9.70. The molecular formula is C18H28N2O3. The average molecular weight is 320 g/mol. The number of aliphatic hydroxyl groups is 1. The molecule has 1 aromatic heterocycles. The SMILES string of the molecule is CCC1(C(=O)N(C)c2ccc(OC(C)C)nc2)CCC(O)CC1. The summed E-state index contributed by atoms with van der Waals surface area (Å²) in [6.45, 7) is 5.96. The van der Waals surface area contributed by atoms with Gasteiger partial charge in [0.1, 0.15) is 0 Å². The van der Waals surface area contributed by atoms with Gasteiger partial charge in [-0.3, -0.25) is 4.79 Å². The van der Waals surface area contributed by atoms with E-state index in [-0.39, 0.29) is 23.5 Å². The molecule has 0 radical (unpaired) electrons. The maximum Gasteiger partial charge on any atom is 0.232 e. The molecule has 0 spiro atoms. The van der Waals surface area contributed by atoms with Crippen LogP contribution in [-0.2, 0) is 4.79 Å². The van der Waals surface area contributed by atoms with Crippen molar-refractivity contribution in [1.82, 2.24) is 4.98 Å². The van der Waals surface area contributed by atoms with Gasteiger partial charge < -0.3 is 14.7 Å². The highest BCUT2D eigenvalue weighted by Crippen LogP contribution is 2.41. The molecular weight excluding hydrogens is 292 g/mol. The maximum absolute atomic E-state index is 13.0. The van der Waals surface area contributed by atoms with Crippen LogP contribution in [0.15, 0.2) is 18.3 Å². The molecule has 23 heavy (non-hydrogen) atoms. The first-order chi connectivity index (χ1) is 10.9. The first-order valence-electron chi connectivity index (χ1n) is 8.47. The van der Waals surface area contributed by atoms with Crippen LogP contribution in [0.2, 0.25) is 0 Å². The van der Waals surface area contributed by atoms with Crippen molar-refractivity contribution >= 4 is 11.6 Å². The normalized spacial score (nSPS) is 24.5. The van der Waals surface area contributed by atoms with E-state index in [4.69, 9.17) is 4.74 Å². The Morgan fingerprint density at radius 2 is 2.09 bits per heavy atom. The Morgan fingerprint density at radius 3 is 2.57 bits per heavy atom. The molecule has 128 valence electrons. The van der Waals surface area contributed by atoms with Crippen molar-refractivity contribution in [2.24, 2.45) is 5.41 Å². The second-order valence-electron chi connectivity index (χ2n) is 6.75. The quantitative estimate of drug-likeness (QED) is 0.905. The van der Waals surface area contributed by atoms with Gasteiger partial charge >= 0.3 is 0 Å². The molecule has 1 aliphatic carbocycles. The third-order valence-corrected chi connectivity index (χ3v) is 4.81. The average Bonchev–Trinajstić information content (AvgIpc) is 2.55. The second kappa shape index (κ2) is 7.30. The molecule has 0 atom stereocenters. The molecule has 5 heteroatoms. The minimum Gasteiger partial charge on any atom is -0.475 e. The highest BCUT2D eigenvalue weighted by molar-refractivity contribution is 5.97. The Morgan fingerprint density at radius 1 is 1.43 bits per heavy atom. The molecule has 5 nitrogen and oxygen atoms in total. The lowest BCUT2D eigenvalue weighted by Crippen LogP contribution is -2.45. The minimum absolute atomic E-state index is 0.0738. The van der Waals surface area contributed by atoms with Crippen LogP contribution in [0.4, 0.5) is 5.69 Å². The summed E-state index contributed by atoms with van der Waals surface area (Å²) < 4.78 is 5.54. The minimum atomic E-state index is -0.360. The van der Waals surface area contributed by atoms with E-state index in [0.717, 1.165) is 24.9 Å². The van der Waals surface area contributed by atoms with Gasteiger partial charge in [-0.15, -0.1) is 0 Å². The number of ether oxygens (including phenoxy) is 1. The van der Waals surface area contributed by atoms with Gasteiger partial charge in [0.05, 0.1) is 24.1 Å². The van der Waals surface area contributed by atoms with Crippen LogP contribution in [-0.4, -0.2) is 35.3 Å². The Bertz CT molecular complexity index is 520. The van der Waals surface area contributed by atoms with Crippen LogP contribution in [0, 0.1) is 5.41 Å². The molecule has 1 fully saturated rings. The number of pyridine rings is 1. The van der Waals surface area contributed by atoms with Gasteiger partial charge in [0.2, 0.25) is 11.8 Å². The van der Waals surface area contributed by atoms with Crippen LogP contribution >= 0.6 is 0 Å². The Labute approximate surface area is 138 Å². The van der Waals surface area contributed by atoms with Gasteiger partial charge in [-0.05, 0) is 52.0 Å². The number of hydrogen-bond acceptors (Lipinski definition) is 4. The Hall–Kier alpha value is -1.62. The fraction of sp³-hybridized carbons (Fsp3) is 0.667. The van der Waals surface area contributed by atoms with Crippen molar-refractivity contribution in [3.8, 4) is 5.88 Å². The summed E-state index contributed by atoms with van der Waals surface area (Å²) in [5.74, 6) is 0.682. The molecule has 2 rings (SSSR count). The molecule has 0 unspecified atom stereocenters. The zero-order valence-corrected chi connectivity index (χ0v) is 14.6. The van der Waals surface area contributed by atoms with E-state index in [1.165, 1.54) is 0 Å². The zero-order chi connectivity index (χ0) is 17.0. The van der Waals surface area contributed by atoms with Crippen molar-refractivity contribution in [3.63, 3.8) is 0 Å². The van der Waals surface area contributed by atoms with Crippen LogP contribution in [0.25, 0.3) is 0 Å². The zero-order valence-electron chi connectivity index (χ0n) is 14.6. The van der Waals surface area contributed by atoms with Gasteiger partial charge in [-0.25, -0.2) is 4.98 Å². The van der Waals surface area contributed by atoms with Crippen LogP contribution < -0.4 is 9.64 Å². The molecule has 1 aliphatic rings. The molecule has 0 bridgehead atoms. The molecule has 1 amide bonds. The van der Waals surface area contributed by atoms with E-state index in [0.29, 0.717) is 18.7 Å². The summed E-state index contributed by atoms with van der Waals surface area (Å²) in [4.78, 5) is 19.0. The van der Waals surface area contributed by atoms with Crippen molar-refractivity contribution in [2.75, 3.05) is 11.9 Å². The monoisotopic (exact) mass is 320 g/mol. The second-order valence-corrected chi connectivity index (χ2v) is 6.75. The van der Waals surface area contributed by atoms with Gasteiger partial charge in [0, 0.05) is 18.5 Å². The molecule has 1 heterocycles. The Kier molecular flexibility index (Phi) is 5.63. The predicted octanol–water partition coefficient (Wildman–Crippen LogP) is 3.16. The summed E-state index contributed by atoms with van der Waals surface area (Å²) in [6.07, 6.45) is 5.18. The van der Waals surface area contributed by atoms with E-state index in [1.807, 2.05) is 19.9 Å². The third kappa shape index (κ3) is 4.02. The van der Waals surface area contributed by atoms with Gasteiger partial charge in [0.15, 0.2) is 0 Å². The molecule has 1 N–H and O–H groups in total. The summed E-state index contributed by atoms with van der Waals surface area (Å²) in [5.41, 5.74) is 0.409. The van der Waals surface area contributed by atoms with Gasteiger partial charge in [0.25, 0.3) is 0 Å². The van der Waals surface area contributed by atoms with Crippen molar-refractivity contribution in [2.45, 2.75) is 65.1 Å². The lowest BCUT2D eigenvalue weighted by Gasteiger charge is -2.39. The fourth-order valence-electron chi connectivity index (χ4n) is 3.23. The van der Waals surface area contributed by atoms with E-state index in [9.17, 15) is 9.90 Å². The number of aliphatic hydroxyl groups excluding tert-OH is 1. The summed E-state index contributed by atoms with van der Waals surface area (Å²) in [6, 6.07) is 3.66. The van der Waals surface area contributed by atoms with Crippen molar-refractivity contribution < 1.29 is 14.6 Å². The molecule has 0 aliphatic heterocycles. The lowest BCUT2D eigenvalue weighted by molar-refractivity contribution is -0.131. The third-order valence-electron chi connectivity index (χ3n) is 4.81. The van der Waals surface area contributed by atoms with Gasteiger partial charge in [-0.2, -0.15) is 0 Å². The van der Waals surface area contributed by atoms with E-state index >= 15 is 0 Å². The summed E-state index contributed by atoms with van der Waals surface area (Å²) in [7, 11) is 1.80. The number of amides is 1. The van der Waals surface area contributed by atoms with Gasteiger partial charge in [-0.1, -0.05) is 6.92 Å². The Balaban J connectivity index is 2.12. The number of carbonyl (C=O) groups is 1. The van der Waals surface area contributed by atoms with Crippen molar-refractivity contribution in [1.29, 1.82) is 0 Å². The number of aromatic nitrogens is 1. The summed E-state index contributed by atoms with van der Waals surface area (Å²) in [5, 5.41) is 9.73. The topological polar surface area (TPSA) is 62.7 Å². The number of hydrogen-bond donors (Lipinski definition) is 1. The number of anilines is 1. The standard InChI is InChI=1S/C18H28N2O3/c1-5-18(10-8-15(21)9-11-18)17(22)20(4)14-6-7-16(19-12-14)23-13(2)3/h6-7,12-13,15,21H,5,8-11H2,1-4H3. The largest absolute Gasteiger partial charge is 0.475 e. The smallest absolute Gasteiger partial charge is 0.232 e. The number of rotatable bonds is 5. The summed E-state index contributed by atoms with van der Waals surface area (Å²) >= 11 is 0. The van der Waals surface area contributed by atoms with E-state index in [2.05, 4.69) is 11.9 Å². The van der Waals surface area contributed by atoms with Crippen molar-refractivity contribution in [3.05, 3.63) is 18.3 Å². The van der Waals surface area contributed by atoms with E-state index in [1.54, 1.807) is 24.2 Å². The molecule has 0 aromatic carbocycles. The van der Waals surface area contributed by atoms with E-state index < -0.39 is 0 Å². The highest BCUT2D eigenvalue weighted by Gasteiger charge is 2.41. The van der Waals surface area contributed by atoms with Crippen LogP contribution in [0.3, 0.4) is 0 Å². The highest BCUT2D eigenvalue weighted by atomic mass is 16.5. The first-order valence-corrected chi connectivity index (χ1v) is 8.47. The van der Waals surface area contributed by atoms with Crippen LogP contribution in [0.5, 0.6) is 5.88 Å². The fourth-order valence-corrected chi connectivity index (χ4v) is 3.23. The number of nitrogens with zero attached hydrogens (tertiary/aromatic N) is 2.